The predicted molar refractivity (Wildman–Crippen MR) is 264 cm³/mol. The molecule has 0 bridgehead atoms. The lowest BCUT2D eigenvalue weighted by Crippen LogP contribution is -2.52. The fourth-order valence-electron chi connectivity index (χ4n) is 9.64. The Morgan fingerprint density at radius 3 is 0.935 bits per heavy atom. The van der Waals surface area contributed by atoms with Gasteiger partial charge in [-0.3, -0.25) is 9.69 Å². The minimum atomic E-state index is 0.226. The van der Waals surface area contributed by atoms with Crippen molar-refractivity contribution < 1.29 is 4.79 Å². The highest BCUT2D eigenvalue weighted by atomic mass is 16.2. The van der Waals surface area contributed by atoms with Crippen molar-refractivity contribution in [2.24, 2.45) is 11.8 Å². The molecule has 15 heteroatoms. The molecule has 9 heterocycles. The Hall–Kier alpha value is -1.05. The van der Waals surface area contributed by atoms with Crippen LogP contribution in [0.2, 0.25) is 0 Å². The summed E-state index contributed by atoms with van der Waals surface area (Å²) in [6.45, 7) is 32.2. The number of fused-ring (bicyclic) bond motifs is 2. The highest BCUT2D eigenvalue weighted by Crippen LogP contribution is 2.30. The van der Waals surface area contributed by atoms with Crippen molar-refractivity contribution in [1.82, 2.24) is 68.6 Å². The van der Waals surface area contributed by atoms with Gasteiger partial charge in [0, 0.05) is 174 Å². The molecule has 366 valence electrons. The van der Waals surface area contributed by atoms with Gasteiger partial charge in [0.15, 0.2) is 0 Å². The van der Waals surface area contributed by atoms with Gasteiger partial charge in [-0.05, 0) is 125 Å². The number of carbonyl (C=O) groups excluding carboxylic acids is 1. The van der Waals surface area contributed by atoms with E-state index in [4.69, 9.17) is 0 Å². The van der Waals surface area contributed by atoms with Crippen molar-refractivity contribution >= 4 is 5.91 Å². The fourth-order valence-corrected chi connectivity index (χ4v) is 9.64. The maximum atomic E-state index is 10.9. The molecule has 0 spiro atoms. The van der Waals surface area contributed by atoms with Gasteiger partial charge in [0.25, 0.3) is 0 Å². The number of rotatable bonds is 0. The zero-order chi connectivity index (χ0) is 46.1. The van der Waals surface area contributed by atoms with E-state index < -0.39 is 0 Å². The minimum Gasteiger partial charge on any atom is -0.343 e. The molecule has 0 aromatic rings. The van der Waals surface area contributed by atoms with Crippen LogP contribution in [0.3, 0.4) is 0 Å². The molecule has 0 radical (unpaired) electrons. The van der Waals surface area contributed by atoms with Crippen LogP contribution in [0.4, 0.5) is 0 Å². The van der Waals surface area contributed by atoms with Gasteiger partial charge in [-0.2, -0.15) is 0 Å². The zero-order valence-corrected chi connectivity index (χ0v) is 43.6. The average molecular weight is 879 g/mol. The molecule has 9 aliphatic heterocycles. The summed E-state index contributed by atoms with van der Waals surface area (Å²) in [6.07, 6.45) is 1.33. The molecule has 0 aliphatic carbocycles. The molecule has 0 saturated carbocycles. The van der Waals surface area contributed by atoms with Gasteiger partial charge < -0.3 is 63.7 Å². The Balaban J connectivity index is 0.000000193. The lowest BCUT2D eigenvalue weighted by atomic mass is 9.93. The van der Waals surface area contributed by atoms with Crippen molar-refractivity contribution in [3.63, 3.8) is 0 Å². The van der Waals surface area contributed by atoms with E-state index in [-0.39, 0.29) is 5.91 Å². The largest absolute Gasteiger partial charge is 0.343 e. The van der Waals surface area contributed by atoms with Gasteiger partial charge in [-0.15, -0.1) is 0 Å². The Labute approximate surface area is 383 Å². The molecule has 62 heavy (non-hydrogen) atoms. The molecular weight excluding hydrogens is 777 g/mol. The van der Waals surface area contributed by atoms with Crippen molar-refractivity contribution in [2.75, 3.05) is 249 Å². The second kappa shape index (κ2) is 28.2. The van der Waals surface area contributed by atoms with Crippen molar-refractivity contribution in [2.45, 2.75) is 44.4 Å². The Morgan fingerprint density at radius 1 is 0.323 bits per heavy atom. The third-order valence-electron chi connectivity index (χ3n) is 15.0. The van der Waals surface area contributed by atoms with Crippen LogP contribution in [-0.4, -0.2) is 348 Å². The van der Waals surface area contributed by atoms with Gasteiger partial charge in [0.1, 0.15) is 0 Å². The summed E-state index contributed by atoms with van der Waals surface area (Å²) in [5.41, 5.74) is 0. The monoisotopic (exact) mass is 879 g/mol. The maximum absolute atomic E-state index is 10.9. The SMILES string of the molecule is CN1CCCN(C)CC1.CN1CCN(C)C(=O)C1.CN1CCN(C)CC1.CN1C[C@H]2CN(C)[C@H]2C1.CN1C[C@H]2CN(C)[C@H]2C1.C[C@@H]1CN(C)CCN1C.C[C@H]1CN(C)CCN1C. The van der Waals surface area contributed by atoms with Crippen LogP contribution in [0.5, 0.6) is 0 Å². The normalized spacial score (nSPS) is 33.0. The van der Waals surface area contributed by atoms with Gasteiger partial charge in [-0.25, -0.2) is 0 Å². The van der Waals surface area contributed by atoms with E-state index in [1.54, 1.807) is 4.90 Å². The number of likely N-dealkylation sites (N-methyl/N-ethyl adjacent to an activating group) is 14. The molecule has 6 atom stereocenters. The third-order valence-corrected chi connectivity index (χ3v) is 15.0. The number of hydrogen-bond donors (Lipinski definition) is 0. The standard InChI is InChI=1S/2C7H14N2.3C7H16N2.C6H12N2O.C6H14N2/c2*1-8-3-6-4-9(2)7(6)5-8;2*1-7-6-8(2)4-5-9(7)3;1-8-4-3-5-9(2)7-6-8;1-7-3-4-8(2)6(9)5-7;1-7-3-5-8(2)6-4-7/h2*6-7H,3-5H2,1-2H3;2*7H,4-6H2,1-3H3;3-7H2,1-2H3;3-5H2,1-2H3;3-6H2,1-2H3/t2*6-,7-;2*7-;;;/m0010.../s1. The van der Waals surface area contributed by atoms with Crippen molar-refractivity contribution in [1.29, 1.82) is 0 Å². The summed E-state index contributed by atoms with van der Waals surface area (Å²) in [5, 5.41) is 0. The molecule has 0 aromatic carbocycles. The van der Waals surface area contributed by atoms with Gasteiger partial charge in [0.2, 0.25) is 5.91 Å². The molecule has 9 saturated heterocycles. The van der Waals surface area contributed by atoms with Crippen LogP contribution in [0, 0.1) is 11.8 Å². The van der Waals surface area contributed by atoms with Crippen LogP contribution >= 0.6 is 0 Å². The second-order valence-corrected chi connectivity index (χ2v) is 21.3. The number of amides is 1. The minimum absolute atomic E-state index is 0.226. The van der Waals surface area contributed by atoms with E-state index in [2.05, 4.69) is 157 Å². The van der Waals surface area contributed by atoms with Crippen LogP contribution in [-0.2, 0) is 4.79 Å². The lowest BCUT2D eigenvalue weighted by Gasteiger charge is -2.40. The van der Waals surface area contributed by atoms with Crippen molar-refractivity contribution in [3.05, 3.63) is 0 Å². The molecule has 1 amide bonds. The fraction of sp³-hybridized carbons (Fsp3) is 0.979. The Morgan fingerprint density at radius 2 is 0.661 bits per heavy atom. The number of hydrogen-bond acceptors (Lipinski definition) is 14. The summed E-state index contributed by atoms with van der Waals surface area (Å²) < 4.78 is 0. The Bertz CT molecular complexity index is 1120. The molecule has 9 aliphatic rings. The van der Waals surface area contributed by atoms with Gasteiger partial charge in [-0.1, -0.05) is 0 Å². The smallest absolute Gasteiger partial charge is 0.236 e. The second-order valence-electron chi connectivity index (χ2n) is 21.3. The molecule has 15 nitrogen and oxygen atoms in total. The average Bonchev–Trinajstić information content (AvgIpc) is 3.62. The topological polar surface area (TPSA) is 62.4 Å². The first-order chi connectivity index (χ1) is 29.2. The van der Waals surface area contributed by atoms with E-state index in [0.717, 1.165) is 49.1 Å². The molecule has 9 rings (SSSR count). The first-order valence-electron chi connectivity index (χ1n) is 24.4. The summed E-state index contributed by atoms with van der Waals surface area (Å²) in [7, 11) is 30.2. The van der Waals surface area contributed by atoms with Crippen molar-refractivity contribution in [3.8, 4) is 0 Å². The molecule has 0 N–H and O–H groups in total. The summed E-state index contributed by atoms with van der Waals surface area (Å²) in [5.74, 6) is 2.23. The first-order valence-corrected chi connectivity index (χ1v) is 24.4. The van der Waals surface area contributed by atoms with E-state index in [9.17, 15) is 4.79 Å². The molecular formula is C47H102N14O. The number of nitrogens with zero attached hydrogens (tertiary/aromatic N) is 14. The van der Waals surface area contributed by atoms with E-state index in [0.29, 0.717) is 6.54 Å². The molecule has 0 aromatic heterocycles. The van der Waals surface area contributed by atoms with Gasteiger partial charge >= 0.3 is 0 Å². The first kappa shape index (κ1) is 55.3. The molecule has 9 fully saturated rings. The summed E-state index contributed by atoms with van der Waals surface area (Å²) in [4.78, 5) is 43.5. The Kier molecular flexibility index (Phi) is 25.1. The van der Waals surface area contributed by atoms with E-state index >= 15 is 0 Å². The highest BCUT2D eigenvalue weighted by molar-refractivity contribution is 5.78. The quantitative estimate of drug-likeness (QED) is 0.322. The van der Waals surface area contributed by atoms with Gasteiger partial charge in [0.05, 0.1) is 6.54 Å². The van der Waals surface area contributed by atoms with E-state index in [1.165, 1.54) is 137 Å². The van der Waals surface area contributed by atoms with Crippen LogP contribution < -0.4 is 0 Å². The zero-order valence-electron chi connectivity index (χ0n) is 43.6. The van der Waals surface area contributed by atoms with E-state index in [1.807, 2.05) is 19.0 Å². The predicted octanol–water partition coefficient (Wildman–Crippen LogP) is -0.264. The summed E-state index contributed by atoms with van der Waals surface area (Å²) >= 11 is 0. The van der Waals surface area contributed by atoms with Crippen LogP contribution in [0.15, 0.2) is 0 Å². The maximum Gasteiger partial charge on any atom is 0.236 e. The number of likely N-dealkylation sites (tertiary alicyclic amines) is 4. The molecule has 0 unspecified atom stereocenters. The number of piperazine rings is 4. The third kappa shape index (κ3) is 20.2. The highest BCUT2D eigenvalue weighted by Gasteiger charge is 2.42. The number of carbonyl (C=O) groups is 1. The van der Waals surface area contributed by atoms with Crippen LogP contribution in [0.1, 0.15) is 20.3 Å². The summed E-state index contributed by atoms with van der Waals surface area (Å²) in [6, 6.07) is 3.28. The van der Waals surface area contributed by atoms with Crippen LogP contribution in [0.25, 0.3) is 0 Å². The lowest BCUT2D eigenvalue weighted by molar-refractivity contribution is -0.133.